The first-order valence-electron chi connectivity index (χ1n) is 3.23. The smallest absolute Gasteiger partial charge is 0.111 e. The molecule has 10 heavy (non-hydrogen) atoms. The summed E-state index contributed by atoms with van der Waals surface area (Å²) < 4.78 is 9.86. The van der Waals surface area contributed by atoms with Crippen LogP contribution in [0.5, 0.6) is 0 Å². The minimum atomic E-state index is -0.685. The summed E-state index contributed by atoms with van der Waals surface area (Å²) >= 11 is 0. The van der Waals surface area contributed by atoms with E-state index in [-0.39, 0.29) is 12.7 Å². The highest BCUT2D eigenvalue weighted by Gasteiger charge is 2.35. The van der Waals surface area contributed by atoms with Gasteiger partial charge in [-0.3, -0.25) is 0 Å². The lowest BCUT2D eigenvalue weighted by Gasteiger charge is -2.13. The van der Waals surface area contributed by atoms with Gasteiger partial charge < -0.3 is 19.7 Å². The average Bonchev–Trinajstić information content (AvgIpc) is 2.30. The van der Waals surface area contributed by atoms with Crippen LogP contribution in [-0.4, -0.2) is 48.8 Å². The zero-order chi connectivity index (χ0) is 7.56. The predicted molar refractivity (Wildman–Crippen MR) is 33.6 cm³/mol. The van der Waals surface area contributed by atoms with Crippen LogP contribution < -0.4 is 0 Å². The summed E-state index contributed by atoms with van der Waals surface area (Å²) in [5.74, 6) is 0. The predicted octanol–water partition coefficient (Wildman–Crippen LogP) is -1.25. The van der Waals surface area contributed by atoms with E-state index in [1.807, 2.05) is 0 Å². The third-order valence-electron chi connectivity index (χ3n) is 1.72. The summed E-state index contributed by atoms with van der Waals surface area (Å²) in [6, 6.07) is 0. The molecule has 3 atom stereocenters. The third-order valence-corrected chi connectivity index (χ3v) is 1.72. The molecule has 1 heterocycles. The molecule has 4 nitrogen and oxygen atoms in total. The van der Waals surface area contributed by atoms with Gasteiger partial charge in [0.25, 0.3) is 0 Å². The number of hydrogen-bond acceptors (Lipinski definition) is 4. The normalized spacial score (nSPS) is 40.5. The highest BCUT2D eigenvalue weighted by molar-refractivity contribution is 4.83. The molecule has 1 aliphatic heterocycles. The van der Waals surface area contributed by atoms with E-state index in [4.69, 9.17) is 14.6 Å². The second kappa shape index (κ2) is 3.30. The molecule has 0 unspecified atom stereocenters. The Morgan fingerprint density at radius 3 is 2.70 bits per heavy atom. The van der Waals surface area contributed by atoms with E-state index < -0.39 is 12.2 Å². The number of ether oxygens (including phenoxy) is 2. The van der Waals surface area contributed by atoms with Crippen molar-refractivity contribution in [3.63, 3.8) is 0 Å². The lowest BCUT2D eigenvalue weighted by molar-refractivity contribution is -0.0141. The number of aliphatic hydroxyl groups is 2. The fourth-order valence-electron chi connectivity index (χ4n) is 1.02. The maximum absolute atomic E-state index is 9.24. The lowest BCUT2D eigenvalue weighted by Crippen LogP contribution is -2.33. The van der Waals surface area contributed by atoms with E-state index >= 15 is 0 Å². The Kier molecular flexibility index (Phi) is 2.62. The SMILES string of the molecule is CO[C@@H]1CO[C@@H](CO)[C@H]1O. The van der Waals surface area contributed by atoms with Crippen LogP contribution in [0.15, 0.2) is 0 Å². The molecule has 0 bridgehead atoms. The molecule has 1 aliphatic rings. The molecule has 1 fully saturated rings. The fraction of sp³-hybridized carbons (Fsp3) is 1.00. The quantitative estimate of drug-likeness (QED) is 0.514. The number of aliphatic hydroxyl groups excluding tert-OH is 2. The molecule has 60 valence electrons. The van der Waals surface area contributed by atoms with E-state index in [0.717, 1.165) is 0 Å². The van der Waals surface area contributed by atoms with Gasteiger partial charge in [0.1, 0.15) is 18.3 Å². The van der Waals surface area contributed by atoms with Crippen LogP contribution in [-0.2, 0) is 9.47 Å². The minimum absolute atomic E-state index is 0.152. The topological polar surface area (TPSA) is 58.9 Å². The molecule has 0 aromatic carbocycles. The van der Waals surface area contributed by atoms with Gasteiger partial charge in [-0.05, 0) is 0 Å². The molecule has 0 spiro atoms. The van der Waals surface area contributed by atoms with E-state index in [2.05, 4.69) is 0 Å². The van der Waals surface area contributed by atoms with E-state index in [0.29, 0.717) is 6.61 Å². The highest BCUT2D eigenvalue weighted by atomic mass is 16.6. The first-order chi connectivity index (χ1) is 4.79. The summed E-state index contributed by atoms with van der Waals surface area (Å²) in [5, 5.41) is 17.8. The van der Waals surface area contributed by atoms with Crippen molar-refractivity contribution in [2.24, 2.45) is 0 Å². The molecule has 0 amide bonds. The van der Waals surface area contributed by atoms with Crippen molar-refractivity contribution in [3.8, 4) is 0 Å². The Morgan fingerprint density at radius 1 is 1.70 bits per heavy atom. The molecule has 0 radical (unpaired) electrons. The van der Waals surface area contributed by atoms with Crippen molar-refractivity contribution in [2.75, 3.05) is 20.3 Å². The van der Waals surface area contributed by atoms with Gasteiger partial charge in [0.2, 0.25) is 0 Å². The molecule has 0 aromatic heterocycles. The Labute approximate surface area is 59.4 Å². The molecule has 0 aliphatic carbocycles. The lowest BCUT2D eigenvalue weighted by atomic mass is 10.2. The van der Waals surface area contributed by atoms with Crippen molar-refractivity contribution in [3.05, 3.63) is 0 Å². The summed E-state index contributed by atoms with van der Waals surface area (Å²) in [4.78, 5) is 0. The van der Waals surface area contributed by atoms with Gasteiger partial charge >= 0.3 is 0 Å². The average molecular weight is 148 g/mol. The molecular formula is C6H12O4. The van der Waals surface area contributed by atoms with Gasteiger partial charge in [0.15, 0.2) is 0 Å². The summed E-state index contributed by atoms with van der Waals surface area (Å²) in [5.41, 5.74) is 0. The maximum atomic E-state index is 9.24. The fourth-order valence-corrected chi connectivity index (χ4v) is 1.02. The second-order valence-electron chi connectivity index (χ2n) is 2.32. The van der Waals surface area contributed by atoms with Crippen LogP contribution >= 0.6 is 0 Å². The Hall–Kier alpha value is -0.160. The van der Waals surface area contributed by atoms with Gasteiger partial charge in [-0.2, -0.15) is 0 Å². The van der Waals surface area contributed by atoms with Crippen LogP contribution in [0.4, 0.5) is 0 Å². The van der Waals surface area contributed by atoms with Gasteiger partial charge in [-0.1, -0.05) is 0 Å². The van der Waals surface area contributed by atoms with E-state index in [1.54, 1.807) is 0 Å². The molecule has 0 saturated carbocycles. The van der Waals surface area contributed by atoms with Crippen molar-refractivity contribution >= 4 is 0 Å². The number of methoxy groups -OCH3 is 1. The van der Waals surface area contributed by atoms with Crippen LogP contribution in [0.1, 0.15) is 0 Å². The minimum Gasteiger partial charge on any atom is -0.394 e. The number of hydrogen-bond donors (Lipinski definition) is 2. The van der Waals surface area contributed by atoms with Crippen molar-refractivity contribution in [1.29, 1.82) is 0 Å². The summed E-state index contributed by atoms with van der Waals surface area (Å²) in [6.07, 6.45) is -1.43. The monoisotopic (exact) mass is 148 g/mol. The summed E-state index contributed by atoms with van der Waals surface area (Å²) in [7, 11) is 1.51. The van der Waals surface area contributed by atoms with Crippen molar-refractivity contribution in [2.45, 2.75) is 18.3 Å². The first-order valence-corrected chi connectivity index (χ1v) is 3.23. The van der Waals surface area contributed by atoms with E-state index in [9.17, 15) is 5.11 Å². The number of rotatable bonds is 2. The standard InChI is InChI=1S/C6H12O4/c1-9-5-3-10-4(2-7)6(5)8/h4-8H,2-3H2,1H3/t4-,5+,6+/m0/s1. The van der Waals surface area contributed by atoms with Crippen LogP contribution in [0, 0.1) is 0 Å². The van der Waals surface area contributed by atoms with Gasteiger partial charge in [-0.15, -0.1) is 0 Å². The van der Waals surface area contributed by atoms with Gasteiger partial charge in [-0.25, -0.2) is 0 Å². The van der Waals surface area contributed by atoms with Crippen molar-refractivity contribution in [1.82, 2.24) is 0 Å². The van der Waals surface area contributed by atoms with Crippen LogP contribution in [0.3, 0.4) is 0 Å². The molecule has 0 aromatic rings. The Balaban J connectivity index is 2.41. The van der Waals surface area contributed by atoms with Crippen molar-refractivity contribution < 1.29 is 19.7 Å². The first kappa shape index (κ1) is 7.94. The van der Waals surface area contributed by atoms with Gasteiger partial charge in [0, 0.05) is 7.11 Å². The molecule has 4 heteroatoms. The molecule has 2 N–H and O–H groups in total. The van der Waals surface area contributed by atoms with Gasteiger partial charge in [0.05, 0.1) is 13.2 Å². The Bertz CT molecular complexity index is 93.9. The highest BCUT2D eigenvalue weighted by Crippen LogP contribution is 2.15. The van der Waals surface area contributed by atoms with Crippen LogP contribution in [0.2, 0.25) is 0 Å². The zero-order valence-electron chi connectivity index (χ0n) is 5.86. The van der Waals surface area contributed by atoms with Crippen LogP contribution in [0.25, 0.3) is 0 Å². The molecular weight excluding hydrogens is 136 g/mol. The third kappa shape index (κ3) is 1.29. The zero-order valence-corrected chi connectivity index (χ0v) is 5.86. The molecule has 1 saturated heterocycles. The molecule has 1 rings (SSSR count). The second-order valence-corrected chi connectivity index (χ2v) is 2.32. The largest absolute Gasteiger partial charge is 0.394 e. The Morgan fingerprint density at radius 2 is 2.40 bits per heavy atom. The maximum Gasteiger partial charge on any atom is 0.111 e. The summed E-state index contributed by atoms with van der Waals surface area (Å²) in [6.45, 7) is 0.212. The van der Waals surface area contributed by atoms with E-state index in [1.165, 1.54) is 7.11 Å².